The third kappa shape index (κ3) is 5.42. The lowest BCUT2D eigenvalue weighted by Crippen LogP contribution is -2.20. The van der Waals surface area contributed by atoms with Crippen LogP contribution >= 0.6 is 43.5 Å². The van der Waals surface area contributed by atoms with Crippen LogP contribution in [0.3, 0.4) is 0 Å². The van der Waals surface area contributed by atoms with E-state index in [2.05, 4.69) is 43.0 Å². The van der Waals surface area contributed by atoms with Crippen LogP contribution in [0.2, 0.25) is 5.02 Å². The third-order valence-corrected chi connectivity index (χ3v) is 7.67. The molecular formula is C31H17Br2ClN4O3. The summed E-state index contributed by atoms with van der Waals surface area (Å²) in [6, 6.07) is 27.4. The molecule has 0 atom stereocenters. The molecule has 10 heteroatoms. The van der Waals surface area contributed by atoms with Crippen LogP contribution in [0.15, 0.2) is 108 Å². The molecule has 0 amide bonds. The Kier molecular flexibility index (Phi) is 7.45. The van der Waals surface area contributed by atoms with E-state index in [0.717, 1.165) is 15.4 Å². The van der Waals surface area contributed by atoms with E-state index in [4.69, 9.17) is 25.7 Å². The summed E-state index contributed by atoms with van der Waals surface area (Å²) in [7, 11) is 0. The van der Waals surface area contributed by atoms with Crippen molar-refractivity contribution in [3.63, 3.8) is 0 Å². The third-order valence-electron chi connectivity index (χ3n) is 6.31. The van der Waals surface area contributed by atoms with Gasteiger partial charge < -0.3 is 9.15 Å². The summed E-state index contributed by atoms with van der Waals surface area (Å²) in [6.07, 6.45) is 1.52. The SMILES string of the molecule is N#Cc1ccccc1COc1c(Cl)cc(C=Nn2c(-c3cc4cc(Br)ccc4o3)nc3ccccc3c2=O)cc1Br. The van der Waals surface area contributed by atoms with Crippen molar-refractivity contribution in [2.75, 3.05) is 0 Å². The molecule has 6 rings (SSSR count). The van der Waals surface area contributed by atoms with Crippen LogP contribution in [-0.2, 0) is 6.61 Å². The number of nitrogens with zero attached hydrogens (tertiary/aromatic N) is 4. The van der Waals surface area contributed by atoms with Gasteiger partial charge >= 0.3 is 0 Å². The first kappa shape index (κ1) is 27.0. The van der Waals surface area contributed by atoms with Crippen LogP contribution < -0.4 is 10.3 Å². The average Bonchev–Trinajstić information content (AvgIpc) is 3.39. The molecule has 41 heavy (non-hydrogen) atoms. The summed E-state index contributed by atoms with van der Waals surface area (Å²) in [5.41, 5.74) is 2.75. The zero-order valence-corrected chi connectivity index (χ0v) is 24.9. The zero-order chi connectivity index (χ0) is 28.5. The predicted octanol–water partition coefficient (Wildman–Crippen LogP) is 8.32. The van der Waals surface area contributed by atoms with Gasteiger partial charge in [0, 0.05) is 15.4 Å². The molecule has 0 saturated carbocycles. The second-order valence-electron chi connectivity index (χ2n) is 8.98. The molecule has 6 aromatic rings. The number of furan rings is 1. The maximum absolute atomic E-state index is 13.6. The van der Waals surface area contributed by atoms with E-state index in [1.54, 1.807) is 42.5 Å². The first-order valence-electron chi connectivity index (χ1n) is 12.3. The van der Waals surface area contributed by atoms with E-state index in [-0.39, 0.29) is 18.0 Å². The number of rotatable bonds is 6. The van der Waals surface area contributed by atoms with Crippen molar-refractivity contribution in [2.45, 2.75) is 6.61 Å². The van der Waals surface area contributed by atoms with Crippen molar-refractivity contribution in [3.8, 4) is 23.4 Å². The van der Waals surface area contributed by atoms with E-state index >= 15 is 0 Å². The molecule has 2 heterocycles. The molecule has 4 aromatic carbocycles. The predicted molar refractivity (Wildman–Crippen MR) is 167 cm³/mol. The molecule has 200 valence electrons. The molecule has 0 aliphatic heterocycles. The van der Waals surface area contributed by atoms with Crippen molar-refractivity contribution in [1.82, 2.24) is 9.66 Å². The first-order chi connectivity index (χ1) is 19.9. The fourth-order valence-electron chi connectivity index (χ4n) is 4.34. The lowest BCUT2D eigenvalue weighted by molar-refractivity contribution is 0.304. The summed E-state index contributed by atoms with van der Waals surface area (Å²) < 4.78 is 14.7. The number of ether oxygens (including phenoxy) is 1. The highest BCUT2D eigenvalue weighted by Crippen LogP contribution is 2.35. The van der Waals surface area contributed by atoms with Crippen LogP contribution in [-0.4, -0.2) is 15.9 Å². The van der Waals surface area contributed by atoms with Crippen molar-refractivity contribution >= 4 is 71.5 Å². The highest BCUT2D eigenvalue weighted by atomic mass is 79.9. The van der Waals surface area contributed by atoms with Crippen LogP contribution in [0.1, 0.15) is 16.7 Å². The largest absolute Gasteiger partial charge is 0.486 e. The van der Waals surface area contributed by atoms with Gasteiger partial charge in [-0.1, -0.05) is 57.9 Å². The minimum absolute atomic E-state index is 0.172. The topological polar surface area (TPSA) is 93.4 Å². The molecule has 0 aliphatic carbocycles. The lowest BCUT2D eigenvalue weighted by atomic mass is 10.1. The molecule has 0 radical (unpaired) electrons. The Labute approximate surface area is 255 Å². The number of nitriles is 1. The van der Waals surface area contributed by atoms with Crippen LogP contribution in [0.5, 0.6) is 5.75 Å². The van der Waals surface area contributed by atoms with Gasteiger partial charge in [0.05, 0.1) is 38.2 Å². The standard InChI is InChI=1S/C31H17Br2ClN4O3/c32-22-9-10-27-21(13-22)14-28(41-27)30-37-26-8-4-3-7-23(26)31(39)38(30)36-16-18-11-24(33)29(25(34)12-18)40-17-20-6-2-1-5-19(20)15-35/h1-14,16H,17H2. The molecular weight excluding hydrogens is 672 g/mol. The molecule has 0 aliphatic rings. The summed E-state index contributed by atoms with van der Waals surface area (Å²) in [5, 5.41) is 15.5. The molecule has 7 nitrogen and oxygen atoms in total. The molecule has 0 fully saturated rings. The zero-order valence-electron chi connectivity index (χ0n) is 21.0. The minimum atomic E-state index is -0.343. The molecule has 0 unspecified atom stereocenters. The molecule has 0 N–H and O–H groups in total. The smallest absolute Gasteiger partial charge is 0.282 e. The number of hydrogen-bond acceptors (Lipinski definition) is 6. The summed E-state index contributed by atoms with van der Waals surface area (Å²) in [5.74, 6) is 1.09. The number of para-hydroxylation sites is 1. The highest BCUT2D eigenvalue weighted by molar-refractivity contribution is 9.10. The van der Waals surface area contributed by atoms with Gasteiger partial charge in [-0.25, -0.2) is 4.98 Å². The second kappa shape index (κ2) is 11.3. The monoisotopic (exact) mass is 686 g/mol. The van der Waals surface area contributed by atoms with Crippen molar-refractivity contribution in [3.05, 3.63) is 126 Å². The van der Waals surface area contributed by atoms with E-state index in [9.17, 15) is 10.1 Å². The van der Waals surface area contributed by atoms with Gasteiger partial charge in [0.15, 0.2) is 11.5 Å². The maximum atomic E-state index is 13.6. The quantitative estimate of drug-likeness (QED) is 0.164. The minimum Gasteiger partial charge on any atom is -0.486 e. The lowest BCUT2D eigenvalue weighted by Gasteiger charge is -2.12. The molecule has 0 spiro atoms. The van der Waals surface area contributed by atoms with E-state index in [1.807, 2.05) is 42.5 Å². The molecule has 2 aromatic heterocycles. The summed E-state index contributed by atoms with van der Waals surface area (Å²) in [4.78, 5) is 18.3. The second-order valence-corrected chi connectivity index (χ2v) is 11.2. The number of fused-ring (bicyclic) bond motifs is 2. The molecule has 0 saturated heterocycles. The van der Waals surface area contributed by atoms with Crippen molar-refractivity contribution in [1.29, 1.82) is 5.26 Å². The average molecular weight is 689 g/mol. The number of benzene rings is 4. The molecule has 0 bridgehead atoms. The first-order valence-corrected chi connectivity index (χ1v) is 14.2. The van der Waals surface area contributed by atoms with Crippen LogP contribution in [0.25, 0.3) is 33.5 Å². The maximum Gasteiger partial charge on any atom is 0.282 e. The number of aromatic nitrogens is 2. The highest BCUT2D eigenvalue weighted by Gasteiger charge is 2.17. The fraction of sp³-hybridized carbons (Fsp3) is 0.0323. The number of halogens is 3. The Hall–Kier alpha value is -4.23. The Morgan fingerprint density at radius 3 is 2.68 bits per heavy atom. The van der Waals surface area contributed by atoms with E-state index in [0.29, 0.717) is 48.6 Å². The summed E-state index contributed by atoms with van der Waals surface area (Å²) in [6.45, 7) is 0.172. The van der Waals surface area contributed by atoms with Gasteiger partial charge in [-0.15, -0.1) is 0 Å². The summed E-state index contributed by atoms with van der Waals surface area (Å²) >= 11 is 13.6. The Morgan fingerprint density at radius 1 is 1.05 bits per heavy atom. The van der Waals surface area contributed by atoms with Crippen molar-refractivity contribution in [2.24, 2.45) is 5.10 Å². The van der Waals surface area contributed by atoms with E-state index in [1.165, 1.54) is 10.9 Å². The van der Waals surface area contributed by atoms with Gasteiger partial charge in [-0.3, -0.25) is 4.79 Å². The van der Waals surface area contributed by atoms with Crippen LogP contribution in [0.4, 0.5) is 0 Å². The Morgan fingerprint density at radius 2 is 1.85 bits per heavy atom. The Bertz CT molecular complexity index is 2070. The van der Waals surface area contributed by atoms with Gasteiger partial charge in [0.25, 0.3) is 5.56 Å². The van der Waals surface area contributed by atoms with Gasteiger partial charge in [0.2, 0.25) is 5.82 Å². The van der Waals surface area contributed by atoms with Crippen molar-refractivity contribution < 1.29 is 9.15 Å². The fourth-order valence-corrected chi connectivity index (χ4v) is 5.70. The van der Waals surface area contributed by atoms with Gasteiger partial charge in [-0.05, 0) is 76.1 Å². The van der Waals surface area contributed by atoms with Gasteiger partial charge in [-0.2, -0.15) is 15.0 Å². The van der Waals surface area contributed by atoms with Crippen LogP contribution in [0, 0.1) is 11.3 Å². The normalized spacial score (nSPS) is 11.4. The Balaban J connectivity index is 1.38. The number of hydrogen-bond donors (Lipinski definition) is 0. The van der Waals surface area contributed by atoms with Gasteiger partial charge in [0.1, 0.15) is 12.2 Å². The van der Waals surface area contributed by atoms with E-state index < -0.39 is 0 Å².